The number of nitrogens with one attached hydrogen (secondary N) is 1. The lowest BCUT2D eigenvalue weighted by Gasteiger charge is -2.39. The standard InChI is InChI=1S/C18H20N2OS/c1-4-14-15(12(3)21)18(5-2,13-9-7-6-8-10-13)16-17(20-14)19-11-22-16/h6-11,20H,4-5H2,1-3H3. The molecular formula is C18H20N2OS. The summed E-state index contributed by atoms with van der Waals surface area (Å²) in [6, 6.07) is 10.3. The molecule has 3 nitrogen and oxygen atoms in total. The van der Waals surface area contributed by atoms with Gasteiger partial charge in [0.2, 0.25) is 0 Å². The van der Waals surface area contributed by atoms with Gasteiger partial charge in [-0.3, -0.25) is 4.79 Å². The summed E-state index contributed by atoms with van der Waals surface area (Å²) >= 11 is 1.63. The molecule has 4 heteroatoms. The summed E-state index contributed by atoms with van der Waals surface area (Å²) in [4.78, 5) is 18.2. The highest BCUT2D eigenvalue weighted by Gasteiger charge is 2.45. The van der Waals surface area contributed by atoms with E-state index in [0.29, 0.717) is 0 Å². The zero-order chi connectivity index (χ0) is 15.7. The van der Waals surface area contributed by atoms with Crippen molar-refractivity contribution in [2.75, 3.05) is 5.32 Å². The molecule has 0 fully saturated rings. The van der Waals surface area contributed by atoms with Gasteiger partial charge in [-0.1, -0.05) is 44.2 Å². The molecule has 1 aliphatic rings. The molecule has 0 bridgehead atoms. The average molecular weight is 312 g/mol. The number of anilines is 1. The summed E-state index contributed by atoms with van der Waals surface area (Å²) in [5, 5.41) is 3.38. The lowest BCUT2D eigenvalue weighted by Crippen LogP contribution is -2.37. The van der Waals surface area contributed by atoms with Gasteiger partial charge in [-0.2, -0.15) is 0 Å². The van der Waals surface area contributed by atoms with Gasteiger partial charge in [0.25, 0.3) is 0 Å². The van der Waals surface area contributed by atoms with Crippen molar-refractivity contribution in [1.82, 2.24) is 4.98 Å². The third kappa shape index (κ3) is 2.02. The first-order valence-corrected chi connectivity index (χ1v) is 8.54. The SMILES string of the molecule is CCC1=C(C(C)=O)C(CC)(c2ccccc2)c2scnc2N1. The number of benzene rings is 1. The lowest BCUT2D eigenvalue weighted by molar-refractivity contribution is -0.114. The molecule has 1 N–H and O–H groups in total. The van der Waals surface area contributed by atoms with E-state index >= 15 is 0 Å². The second kappa shape index (κ2) is 5.69. The maximum atomic E-state index is 12.5. The molecule has 0 saturated carbocycles. The Labute approximate surface area is 135 Å². The number of thiazole rings is 1. The van der Waals surface area contributed by atoms with Crippen LogP contribution < -0.4 is 5.32 Å². The third-order valence-corrected chi connectivity index (χ3v) is 5.44. The highest BCUT2D eigenvalue weighted by Crippen LogP contribution is 2.51. The van der Waals surface area contributed by atoms with Crippen LogP contribution in [-0.4, -0.2) is 10.8 Å². The molecule has 22 heavy (non-hydrogen) atoms. The van der Waals surface area contributed by atoms with E-state index in [0.717, 1.165) is 34.8 Å². The van der Waals surface area contributed by atoms with E-state index in [4.69, 9.17) is 0 Å². The fourth-order valence-corrected chi connectivity index (χ4v) is 4.58. The highest BCUT2D eigenvalue weighted by atomic mass is 32.1. The van der Waals surface area contributed by atoms with Crippen molar-refractivity contribution in [3.05, 3.63) is 57.6 Å². The fraction of sp³-hybridized carbons (Fsp3) is 0.333. The molecule has 1 atom stereocenters. The van der Waals surface area contributed by atoms with Gasteiger partial charge < -0.3 is 5.32 Å². The first-order chi connectivity index (χ1) is 10.6. The number of carbonyl (C=O) groups excluding carboxylic acids is 1. The largest absolute Gasteiger partial charge is 0.342 e. The van der Waals surface area contributed by atoms with E-state index < -0.39 is 0 Å². The van der Waals surface area contributed by atoms with Crippen LogP contribution in [0.25, 0.3) is 0 Å². The van der Waals surface area contributed by atoms with Gasteiger partial charge in [-0.25, -0.2) is 4.98 Å². The van der Waals surface area contributed by atoms with Crippen molar-refractivity contribution in [2.24, 2.45) is 0 Å². The fourth-order valence-electron chi connectivity index (χ4n) is 3.53. The second-order valence-electron chi connectivity index (χ2n) is 5.54. The Kier molecular flexibility index (Phi) is 3.87. The van der Waals surface area contributed by atoms with Crippen LogP contribution in [0, 0.1) is 0 Å². The minimum absolute atomic E-state index is 0.133. The van der Waals surface area contributed by atoms with Crippen LogP contribution in [0.2, 0.25) is 0 Å². The predicted molar refractivity (Wildman–Crippen MR) is 91.2 cm³/mol. The molecule has 2 aromatic rings. The molecule has 3 rings (SSSR count). The number of Topliss-reactive ketones (excluding diaryl/α,β-unsaturated/α-hetero) is 1. The summed E-state index contributed by atoms with van der Waals surface area (Å²) in [5.41, 5.74) is 4.53. The molecule has 0 spiro atoms. The lowest BCUT2D eigenvalue weighted by atomic mass is 9.67. The van der Waals surface area contributed by atoms with Crippen LogP contribution in [0.4, 0.5) is 5.82 Å². The monoisotopic (exact) mass is 312 g/mol. The molecule has 0 aliphatic carbocycles. The second-order valence-corrected chi connectivity index (χ2v) is 6.40. The number of nitrogens with zero attached hydrogens (tertiary/aromatic N) is 1. The molecule has 0 amide bonds. The van der Waals surface area contributed by atoms with Gasteiger partial charge >= 0.3 is 0 Å². The molecule has 114 valence electrons. The van der Waals surface area contributed by atoms with Gasteiger partial charge in [0.15, 0.2) is 5.78 Å². The maximum Gasteiger partial charge on any atom is 0.158 e. The van der Waals surface area contributed by atoms with Crippen molar-refractivity contribution < 1.29 is 4.79 Å². The zero-order valence-corrected chi connectivity index (χ0v) is 14.0. The number of hydrogen-bond donors (Lipinski definition) is 1. The molecule has 2 heterocycles. The van der Waals surface area contributed by atoms with Crippen molar-refractivity contribution in [3.63, 3.8) is 0 Å². The van der Waals surface area contributed by atoms with E-state index in [-0.39, 0.29) is 11.2 Å². The van der Waals surface area contributed by atoms with Crippen LogP contribution in [-0.2, 0) is 10.2 Å². The minimum atomic E-state index is -0.389. The molecule has 0 saturated heterocycles. The Morgan fingerprint density at radius 3 is 2.59 bits per heavy atom. The molecular weight excluding hydrogens is 292 g/mol. The van der Waals surface area contributed by atoms with Crippen LogP contribution in [0.3, 0.4) is 0 Å². The Bertz CT molecular complexity index is 733. The minimum Gasteiger partial charge on any atom is -0.342 e. The van der Waals surface area contributed by atoms with Crippen molar-refractivity contribution >= 4 is 22.9 Å². The first kappa shape index (κ1) is 15.0. The summed E-state index contributed by atoms with van der Waals surface area (Å²) in [7, 11) is 0. The van der Waals surface area contributed by atoms with Gasteiger partial charge in [0, 0.05) is 11.3 Å². The molecule has 1 aromatic heterocycles. The van der Waals surface area contributed by atoms with Crippen LogP contribution in [0.15, 0.2) is 47.1 Å². The van der Waals surface area contributed by atoms with Gasteiger partial charge in [-0.15, -0.1) is 11.3 Å². The van der Waals surface area contributed by atoms with E-state index in [9.17, 15) is 4.79 Å². The number of carbonyl (C=O) groups is 1. The molecule has 1 unspecified atom stereocenters. The van der Waals surface area contributed by atoms with Crippen LogP contribution >= 0.6 is 11.3 Å². The average Bonchev–Trinajstić information content (AvgIpc) is 3.02. The van der Waals surface area contributed by atoms with Crippen LogP contribution in [0.5, 0.6) is 0 Å². The Morgan fingerprint density at radius 1 is 1.27 bits per heavy atom. The van der Waals surface area contributed by atoms with Gasteiger partial charge in [0.1, 0.15) is 5.82 Å². The summed E-state index contributed by atoms with van der Waals surface area (Å²) in [6.07, 6.45) is 1.63. The summed E-state index contributed by atoms with van der Waals surface area (Å²) < 4.78 is 0. The van der Waals surface area contributed by atoms with Crippen molar-refractivity contribution in [2.45, 2.75) is 39.0 Å². The van der Waals surface area contributed by atoms with Gasteiger partial charge in [-0.05, 0) is 25.3 Å². The van der Waals surface area contributed by atoms with E-state index in [1.807, 2.05) is 23.7 Å². The molecule has 1 aromatic carbocycles. The van der Waals surface area contributed by atoms with E-state index in [1.54, 1.807) is 18.3 Å². The normalized spacial score (nSPS) is 20.5. The van der Waals surface area contributed by atoms with E-state index in [2.05, 4.69) is 36.3 Å². The predicted octanol–water partition coefficient (Wildman–Crippen LogP) is 4.52. The summed E-state index contributed by atoms with van der Waals surface area (Å²) in [5.74, 6) is 1.03. The quantitative estimate of drug-likeness (QED) is 0.902. The summed E-state index contributed by atoms with van der Waals surface area (Å²) in [6.45, 7) is 5.90. The van der Waals surface area contributed by atoms with E-state index in [1.165, 1.54) is 5.56 Å². The van der Waals surface area contributed by atoms with Gasteiger partial charge in [0.05, 0.1) is 15.8 Å². The number of allylic oxidation sites excluding steroid dienone is 2. The van der Waals surface area contributed by atoms with Crippen LogP contribution in [0.1, 0.15) is 44.1 Å². The number of ketones is 1. The number of rotatable bonds is 4. The maximum absolute atomic E-state index is 12.5. The smallest absolute Gasteiger partial charge is 0.158 e. The Balaban J connectivity index is 2.38. The number of aromatic nitrogens is 1. The Morgan fingerprint density at radius 2 is 2.00 bits per heavy atom. The molecule has 0 radical (unpaired) electrons. The van der Waals surface area contributed by atoms with Crippen molar-refractivity contribution in [3.8, 4) is 0 Å². The zero-order valence-electron chi connectivity index (χ0n) is 13.1. The van der Waals surface area contributed by atoms with Crippen molar-refractivity contribution in [1.29, 1.82) is 0 Å². The number of hydrogen-bond acceptors (Lipinski definition) is 4. The highest BCUT2D eigenvalue weighted by molar-refractivity contribution is 7.10. The third-order valence-electron chi connectivity index (χ3n) is 4.46. The molecule has 1 aliphatic heterocycles. The first-order valence-electron chi connectivity index (χ1n) is 7.66. The topological polar surface area (TPSA) is 42.0 Å². The number of fused-ring (bicyclic) bond motifs is 1. The Hall–Kier alpha value is -1.94.